The van der Waals surface area contributed by atoms with Gasteiger partial charge in [-0.2, -0.15) is 0 Å². The van der Waals surface area contributed by atoms with Crippen molar-refractivity contribution in [2.24, 2.45) is 0 Å². The first-order chi connectivity index (χ1) is 2.27. The monoisotopic (exact) mass is 134 g/mol. The number of methoxy groups -OCH3 is 1. The van der Waals surface area contributed by atoms with Gasteiger partial charge in [-0.05, 0) is 0 Å². The summed E-state index contributed by atoms with van der Waals surface area (Å²) in [5.41, 5.74) is 0. The zero-order chi connectivity index (χ0) is 4.28. The second-order valence-corrected chi connectivity index (χ2v) is 0.470. The van der Waals surface area contributed by atoms with Gasteiger partial charge in [0.1, 0.15) is 0 Å². The first-order valence-electron chi connectivity index (χ1n) is 1.04. The molecule has 0 aliphatic rings. The second-order valence-electron chi connectivity index (χ2n) is 0.470. The predicted molar refractivity (Wildman–Crippen MR) is 15.0 cm³/mol. The summed E-state index contributed by atoms with van der Waals surface area (Å²) in [7, 11) is 1.10. The van der Waals surface area contributed by atoms with Gasteiger partial charge in [-0.15, -0.1) is 0 Å². The quantitative estimate of drug-likeness (QED) is 0.383. The van der Waals surface area contributed by atoms with Crippen LogP contribution in [0.1, 0.15) is 0 Å². The second kappa shape index (κ2) is 4.76. The summed E-state index contributed by atoms with van der Waals surface area (Å²) in [6, 6.07) is 0. The molecule has 0 atom stereocenters. The van der Waals surface area contributed by atoms with Gasteiger partial charge < -0.3 is 9.84 Å². The first kappa shape index (κ1) is 9.23. The summed E-state index contributed by atoms with van der Waals surface area (Å²) in [6.45, 7) is 0. The molecule has 0 saturated carbocycles. The van der Waals surface area contributed by atoms with Crippen molar-refractivity contribution in [3.63, 3.8) is 0 Å². The molecule has 4 heteroatoms. The van der Waals surface area contributed by atoms with E-state index in [0.29, 0.717) is 0 Å². The van der Waals surface area contributed by atoms with Gasteiger partial charge in [0, 0.05) is 16.5 Å². The Morgan fingerprint density at radius 3 is 2.00 bits per heavy atom. The molecule has 1 N–H and O–H groups in total. The van der Waals surface area contributed by atoms with Crippen molar-refractivity contribution in [2.45, 2.75) is 0 Å². The summed E-state index contributed by atoms with van der Waals surface area (Å²) < 4.78 is 3.67. The molecule has 0 bridgehead atoms. The summed E-state index contributed by atoms with van der Waals surface area (Å²) >= 11 is 0. The van der Waals surface area contributed by atoms with Gasteiger partial charge in [-0.1, -0.05) is 0 Å². The van der Waals surface area contributed by atoms with Gasteiger partial charge >= 0.3 is 6.16 Å². The maximum absolute atomic E-state index is 9.15. The Kier molecular flexibility index (Phi) is 7.33. The van der Waals surface area contributed by atoms with Gasteiger partial charge in [0.15, 0.2) is 0 Å². The normalized spacial score (nSPS) is 5.50. The molecule has 0 aromatic carbocycles. The average molecular weight is 135 g/mol. The van der Waals surface area contributed by atoms with Crippen molar-refractivity contribution < 1.29 is 31.1 Å². The van der Waals surface area contributed by atoms with E-state index in [1.165, 1.54) is 0 Å². The van der Waals surface area contributed by atoms with Gasteiger partial charge in [0.2, 0.25) is 0 Å². The van der Waals surface area contributed by atoms with Crippen molar-refractivity contribution in [3.05, 3.63) is 0 Å². The maximum Gasteiger partial charge on any atom is 0.505 e. The number of rotatable bonds is 0. The van der Waals surface area contributed by atoms with Crippen LogP contribution in [0, 0.1) is 0 Å². The molecule has 6 heavy (non-hydrogen) atoms. The summed E-state index contributed by atoms with van der Waals surface area (Å²) in [5, 5.41) is 7.50. The molecule has 40 valence electrons. The van der Waals surface area contributed by atoms with E-state index in [-0.39, 0.29) is 16.5 Å². The van der Waals surface area contributed by atoms with Crippen LogP contribution in [0.15, 0.2) is 0 Å². The zero-order valence-electron chi connectivity index (χ0n) is 3.08. The third-order valence-corrected chi connectivity index (χ3v) is 0.175. The molecule has 3 nitrogen and oxygen atoms in total. The Balaban J connectivity index is 0. The average Bonchev–Trinajstić information content (AvgIpc) is 1.38. The fraction of sp³-hybridized carbons (Fsp3) is 0.500. The van der Waals surface area contributed by atoms with Crippen LogP contribution in [0.3, 0.4) is 0 Å². The smallest absolute Gasteiger partial charge is 0.450 e. The molecule has 0 radical (unpaired) electrons. The topological polar surface area (TPSA) is 46.5 Å². The summed E-state index contributed by atoms with van der Waals surface area (Å²) in [4.78, 5) is 9.15. The molecule has 0 spiro atoms. The van der Waals surface area contributed by atoms with Crippen LogP contribution in [-0.2, 0) is 21.2 Å². The predicted octanol–water partition coefficient (Wildman–Crippen LogP) is 0.308. The van der Waals surface area contributed by atoms with Crippen LogP contribution >= 0.6 is 0 Å². The molecule has 0 rings (SSSR count). The maximum atomic E-state index is 9.15. The third-order valence-electron chi connectivity index (χ3n) is 0.175. The molecule has 0 unspecified atom stereocenters. The Hall–Kier alpha value is -0.236. The van der Waals surface area contributed by atoms with E-state index in [9.17, 15) is 0 Å². The van der Waals surface area contributed by atoms with Crippen molar-refractivity contribution in [3.8, 4) is 0 Å². The minimum absolute atomic E-state index is 0. The summed E-state index contributed by atoms with van der Waals surface area (Å²) in [6.07, 6.45) is -1.25. The van der Waals surface area contributed by atoms with Crippen LogP contribution < -0.4 is 0 Å². The van der Waals surface area contributed by atoms with Gasteiger partial charge in [0.05, 0.1) is 7.11 Å². The SMILES string of the molecule is COC(=O)O.[Ni]. The van der Waals surface area contributed by atoms with Crippen molar-refractivity contribution in [1.82, 2.24) is 0 Å². The Morgan fingerprint density at radius 2 is 2.00 bits per heavy atom. The van der Waals surface area contributed by atoms with Crippen LogP contribution in [0.25, 0.3) is 0 Å². The molecule has 0 aromatic heterocycles. The fourth-order valence-electron chi connectivity index (χ4n) is 0. The van der Waals surface area contributed by atoms with Crippen LogP contribution in [0.5, 0.6) is 0 Å². The molecule has 0 fully saturated rings. The Bertz CT molecular complexity index is 44.1. The van der Waals surface area contributed by atoms with Crippen LogP contribution in [-0.4, -0.2) is 18.4 Å². The molecule has 0 amide bonds. The van der Waals surface area contributed by atoms with E-state index in [1.54, 1.807) is 0 Å². The van der Waals surface area contributed by atoms with Gasteiger partial charge in [-0.25, -0.2) is 4.79 Å². The molecule has 0 aliphatic carbocycles. The molecule has 0 saturated heterocycles. The van der Waals surface area contributed by atoms with Gasteiger partial charge in [-0.3, -0.25) is 0 Å². The minimum atomic E-state index is -1.25. The Morgan fingerprint density at radius 1 is 1.83 bits per heavy atom. The van der Waals surface area contributed by atoms with Crippen LogP contribution in [0.4, 0.5) is 4.79 Å². The van der Waals surface area contributed by atoms with E-state index in [0.717, 1.165) is 7.11 Å². The first-order valence-corrected chi connectivity index (χ1v) is 1.04. The van der Waals surface area contributed by atoms with E-state index < -0.39 is 6.16 Å². The standard InChI is InChI=1S/C2H4O3.Ni/c1-5-2(3)4;/h1H3,(H,3,4);. The van der Waals surface area contributed by atoms with E-state index in [1.807, 2.05) is 0 Å². The minimum Gasteiger partial charge on any atom is -0.450 e. The molecule has 0 aliphatic heterocycles. The van der Waals surface area contributed by atoms with E-state index in [2.05, 4.69) is 4.74 Å². The molecule has 0 aromatic rings. The number of carboxylic acid groups (broad SMARTS) is 1. The third kappa shape index (κ3) is 9.24. The van der Waals surface area contributed by atoms with Gasteiger partial charge in [0.25, 0.3) is 0 Å². The van der Waals surface area contributed by atoms with Crippen molar-refractivity contribution in [2.75, 3.05) is 7.11 Å². The number of hydrogen-bond acceptors (Lipinski definition) is 2. The zero-order valence-corrected chi connectivity index (χ0v) is 4.07. The summed E-state index contributed by atoms with van der Waals surface area (Å²) in [5.74, 6) is 0. The van der Waals surface area contributed by atoms with E-state index in [4.69, 9.17) is 9.90 Å². The number of ether oxygens (including phenoxy) is 1. The number of carbonyl (C=O) groups is 1. The van der Waals surface area contributed by atoms with Crippen molar-refractivity contribution in [1.29, 1.82) is 0 Å². The fourth-order valence-corrected chi connectivity index (χ4v) is 0. The van der Waals surface area contributed by atoms with Crippen LogP contribution in [0.2, 0.25) is 0 Å². The molecular formula is C2H4NiO3. The molecular weight excluding hydrogens is 131 g/mol. The Labute approximate surface area is 45.2 Å². The number of hydrogen-bond donors (Lipinski definition) is 1. The van der Waals surface area contributed by atoms with Crippen molar-refractivity contribution >= 4 is 6.16 Å². The van der Waals surface area contributed by atoms with E-state index >= 15 is 0 Å². The molecule has 0 heterocycles. The largest absolute Gasteiger partial charge is 0.505 e.